The molecule has 2 saturated heterocycles. The summed E-state index contributed by atoms with van der Waals surface area (Å²) in [7, 11) is 0. The zero-order valence-electron chi connectivity index (χ0n) is 28.7. The molecule has 0 aliphatic carbocycles. The number of aromatic carboxylic acids is 1. The van der Waals surface area contributed by atoms with Gasteiger partial charge in [0.15, 0.2) is 0 Å². The number of nitrogens with one attached hydrogen (secondary N) is 2. The number of rotatable bonds is 9. The molecule has 2 aromatic heterocycles. The quantitative estimate of drug-likeness (QED) is 0.159. The third-order valence-corrected chi connectivity index (χ3v) is 9.40. The lowest BCUT2D eigenvalue weighted by Gasteiger charge is -2.38. The summed E-state index contributed by atoms with van der Waals surface area (Å²) in [6, 6.07) is 15.2. The highest BCUT2D eigenvalue weighted by Gasteiger charge is 2.41. The second-order valence-corrected chi connectivity index (χ2v) is 12.9. The van der Waals surface area contributed by atoms with Crippen molar-refractivity contribution in [3.8, 4) is 5.69 Å². The van der Waals surface area contributed by atoms with Gasteiger partial charge in [-0.25, -0.2) is 19.0 Å². The summed E-state index contributed by atoms with van der Waals surface area (Å²) in [5.41, 5.74) is 1.54. The van der Waals surface area contributed by atoms with Crippen molar-refractivity contribution in [1.82, 2.24) is 34.6 Å². The molecule has 4 heterocycles. The number of tetrazole rings is 1. The number of carbonyl (C=O) groups is 6. The van der Waals surface area contributed by atoms with Crippen molar-refractivity contribution in [2.45, 2.75) is 12.5 Å². The van der Waals surface area contributed by atoms with Crippen LogP contribution in [0.25, 0.3) is 16.6 Å². The van der Waals surface area contributed by atoms with Crippen LogP contribution >= 0.6 is 11.6 Å². The molecule has 0 bridgehead atoms. The Morgan fingerprint density at radius 2 is 1.58 bits per heavy atom. The van der Waals surface area contributed by atoms with E-state index in [2.05, 4.69) is 26.2 Å². The van der Waals surface area contributed by atoms with Gasteiger partial charge in [0.2, 0.25) is 5.91 Å². The van der Waals surface area contributed by atoms with E-state index in [9.17, 15) is 39.0 Å². The SMILES string of the molecule is O=C(O)c1cc2cc(NC(=O)[C@H](Cc3ccc(NC(=O)N4CCOCC4)cc3)N3CCN(c4cc(Cl)ccc4-n4cnnn4)C(=O)C3=O)ccc2n1C(=O)O. The summed E-state index contributed by atoms with van der Waals surface area (Å²) < 4.78 is 7.24. The molecule has 4 N–H and O–H groups in total. The van der Waals surface area contributed by atoms with Gasteiger partial charge in [0.25, 0.3) is 0 Å². The summed E-state index contributed by atoms with van der Waals surface area (Å²) in [6.07, 6.45) is -0.219. The Labute approximate surface area is 315 Å². The number of urea groups is 1. The molecule has 282 valence electrons. The third-order valence-electron chi connectivity index (χ3n) is 9.17. The third kappa shape index (κ3) is 7.50. The summed E-state index contributed by atoms with van der Waals surface area (Å²) in [5, 5.41) is 36.5. The molecule has 5 aromatic rings. The molecule has 0 saturated carbocycles. The maximum Gasteiger partial charge on any atom is 0.416 e. The zero-order chi connectivity index (χ0) is 38.8. The van der Waals surface area contributed by atoms with Crippen molar-refractivity contribution >= 4 is 75.4 Å². The molecule has 19 nitrogen and oxygen atoms in total. The predicted molar refractivity (Wildman–Crippen MR) is 195 cm³/mol. The van der Waals surface area contributed by atoms with Crippen LogP contribution in [0.4, 0.5) is 26.7 Å². The molecule has 0 radical (unpaired) electrons. The molecule has 5 amide bonds. The number of carboxylic acid groups (broad SMARTS) is 2. The van der Waals surface area contributed by atoms with E-state index in [1.807, 2.05) is 0 Å². The first-order valence-electron chi connectivity index (χ1n) is 16.8. The second-order valence-electron chi connectivity index (χ2n) is 12.5. The van der Waals surface area contributed by atoms with E-state index >= 15 is 0 Å². The first-order valence-corrected chi connectivity index (χ1v) is 17.2. The van der Waals surface area contributed by atoms with Crippen molar-refractivity contribution in [3.05, 3.63) is 89.3 Å². The number of carboxylic acids is 1. The molecule has 0 spiro atoms. The van der Waals surface area contributed by atoms with Gasteiger partial charge in [-0.2, -0.15) is 4.68 Å². The molecule has 2 fully saturated rings. The number of hydrogen-bond donors (Lipinski definition) is 4. The number of carbonyl (C=O) groups excluding carboxylic acids is 4. The Morgan fingerprint density at radius 1 is 0.836 bits per heavy atom. The number of hydrogen-bond acceptors (Lipinski definition) is 10. The Bertz CT molecular complexity index is 2320. The molecule has 55 heavy (non-hydrogen) atoms. The fourth-order valence-electron chi connectivity index (χ4n) is 6.50. The molecule has 20 heteroatoms. The highest BCUT2D eigenvalue weighted by Crippen LogP contribution is 2.30. The van der Waals surface area contributed by atoms with E-state index in [1.165, 1.54) is 51.1 Å². The average Bonchev–Trinajstić information content (AvgIpc) is 3.85. The van der Waals surface area contributed by atoms with Gasteiger partial charge < -0.3 is 40.3 Å². The molecule has 0 unspecified atom stereocenters. The van der Waals surface area contributed by atoms with E-state index in [-0.39, 0.29) is 47.8 Å². The number of piperazine rings is 1. The van der Waals surface area contributed by atoms with Crippen molar-refractivity contribution in [3.63, 3.8) is 0 Å². The fourth-order valence-corrected chi connectivity index (χ4v) is 6.66. The normalized spacial score (nSPS) is 15.3. The minimum atomic E-state index is -1.50. The number of ether oxygens (including phenoxy) is 1. The van der Waals surface area contributed by atoms with Crippen LogP contribution in [0, 0.1) is 0 Å². The van der Waals surface area contributed by atoms with Crippen molar-refractivity contribution in [2.24, 2.45) is 0 Å². The number of fused-ring (bicyclic) bond motifs is 1. The average molecular weight is 771 g/mol. The molecule has 2 aliphatic rings. The molecule has 2 aliphatic heterocycles. The van der Waals surface area contributed by atoms with E-state index in [1.54, 1.807) is 41.3 Å². The standard InChI is InChI=1S/C35H31ClN10O9/c36-22-3-7-26(45-19-37-40-41-45)27(18-22)43-9-10-44(32(49)31(43)48)28(15-20-1-4-23(5-2-20)39-34(52)42-11-13-55-14-12-42)30(47)38-24-6-8-25-21(16-24)17-29(33(50)51)46(25)35(53)54/h1-8,16-19,28H,9-15H2,(H,38,47)(H,39,52)(H,50,51)(H,53,54)/t28-/m0/s1. The molecule has 1 atom stereocenters. The van der Waals surface area contributed by atoms with Gasteiger partial charge in [0.1, 0.15) is 18.1 Å². The largest absolute Gasteiger partial charge is 0.477 e. The van der Waals surface area contributed by atoms with E-state index in [0.717, 1.165) is 0 Å². The fraction of sp³-hybridized carbons (Fsp3) is 0.229. The first-order chi connectivity index (χ1) is 26.5. The maximum atomic E-state index is 14.1. The first kappa shape index (κ1) is 36.5. The van der Waals surface area contributed by atoms with Crippen LogP contribution in [0.15, 0.2) is 73.1 Å². The predicted octanol–water partition coefficient (Wildman–Crippen LogP) is 2.78. The van der Waals surface area contributed by atoms with Gasteiger partial charge in [-0.15, -0.1) is 5.10 Å². The number of amides is 5. The number of halogens is 1. The minimum absolute atomic E-state index is 0.0248. The van der Waals surface area contributed by atoms with Crippen LogP contribution in [0.1, 0.15) is 16.1 Å². The summed E-state index contributed by atoms with van der Waals surface area (Å²) >= 11 is 6.29. The lowest BCUT2D eigenvalue weighted by atomic mass is 10.0. The number of benzene rings is 3. The Kier molecular flexibility index (Phi) is 10.1. The van der Waals surface area contributed by atoms with Gasteiger partial charge in [-0.3, -0.25) is 14.4 Å². The van der Waals surface area contributed by atoms with Crippen LogP contribution in [0.3, 0.4) is 0 Å². The van der Waals surface area contributed by atoms with Crippen molar-refractivity contribution < 1.29 is 43.7 Å². The van der Waals surface area contributed by atoms with Gasteiger partial charge >= 0.3 is 29.9 Å². The van der Waals surface area contributed by atoms with E-state index < -0.39 is 41.5 Å². The van der Waals surface area contributed by atoms with Crippen LogP contribution in [-0.4, -0.2) is 126 Å². The molecule has 7 rings (SSSR count). The number of aromatic nitrogens is 5. The number of anilines is 3. The molecule has 3 aromatic carbocycles. The summed E-state index contributed by atoms with van der Waals surface area (Å²) in [4.78, 5) is 82.3. The Morgan fingerprint density at radius 3 is 2.27 bits per heavy atom. The summed E-state index contributed by atoms with van der Waals surface area (Å²) in [6.45, 7) is 1.70. The van der Waals surface area contributed by atoms with Crippen LogP contribution < -0.4 is 15.5 Å². The monoisotopic (exact) mass is 770 g/mol. The van der Waals surface area contributed by atoms with Crippen LogP contribution in [-0.2, 0) is 25.5 Å². The lowest BCUT2D eigenvalue weighted by molar-refractivity contribution is -0.149. The van der Waals surface area contributed by atoms with E-state index in [0.29, 0.717) is 52.8 Å². The minimum Gasteiger partial charge on any atom is -0.477 e. The highest BCUT2D eigenvalue weighted by molar-refractivity contribution is 6.41. The lowest BCUT2D eigenvalue weighted by Crippen LogP contribution is -2.60. The summed E-state index contributed by atoms with van der Waals surface area (Å²) in [5.74, 6) is -4.03. The molecular weight excluding hydrogens is 740 g/mol. The van der Waals surface area contributed by atoms with Crippen molar-refractivity contribution in [2.75, 3.05) is 54.9 Å². The maximum absolute atomic E-state index is 14.1. The van der Waals surface area contributed by atoms with Gasteiger partial charge in [-0.1, -0.05) is 23.7 Å². The van der Waals surface area contributed by atoms with Crippen LogP contribution in [0.5, 0.6) is 0 Å². The van der Waals surface area contributed by atoms with Gasteiger partial charge in [-0.05, 0) is 70.6 Å². The smallest absolute Gasteiger partial charge is 0.416 e. The molecular formula is C35H31ClN10O9. The van der Waals surface area contributed by atoms with Crippen LogP contribution in [0.2, 0.25) is 5.02 Å². The highest BCUT2D eigenvalue weighted by atomic mass is 35.5. The Hall–Kier alpha value is -6.86. The Balaban J connectivity index is 1.16. The topological polar surface area (TPSA) is 234 Å². The number of nitrogens with zero attached hydrogens (tertiary/aromatic N) is 8. The second kappa shape index (κ2) is 15.2. The number of morpholine rings is 1. The zero-order valence-corrected chi connectivity index (χ0v) is 29.4. The van der Waals surface area contributed by atoms with Gasteiger partial charge in [0.05, 0.1) is 30.1 Å². The van der Waals surface area contributed by atoms with Crippen molar-refractivity contribution in [1.29, 1.82) is 0 Å². The van der Waals surface area contributed by atoms with E-state index in [4.69, 9.17) is 16.3 Å². The van der Waals surface area contributed by atoms with Gasteiger partial charge in [0, 0.05) is 54.4 Å².